The highest BCUT2D eigenvalue weighted by atomic mass is 32.2. The molecule has 0 spiro atoms. The molecule has 1 aromatic heterocycles. The molecule has 3 aromatic carbocycles. The van der Waals surface area contributed by atoms with Gasteiger partial charge in [-0.1, -0.05) is 36.4 Å². The van der Waals surface area contributed by atoms with Gasteiger partial charge in [0.2, 0.25) is 5.43 Å². The molecule has 4 heteroatoms. The lowest BCUT2D eigenvalue weighted by Crippen LogP contribution is -2.05. The first-order chi connectivity index (χ1) is 12.2. The zero-order chi connectivity index (χ0) is 17.4. The first-order valence-corrected chi connectivity index (χ1v) is 9.09. The molecule has 0 saturated carbocycles. The van der Waals surface area contributed by atoms with E-state index in [4.69, 9.17) is 4.74 Å². The number of ether oxygens (including phenoxy) is 1. The van der Waals surface area contributed by atoms with Crippen molar-refractivity contribution in [3.05, 3.63) is 88.6 Å². The molecule has 4 rings (SSSR count). The number of benzene rings is 3. The highest BCUT2D eigenvalue weighted by Gasteiger charge is 2.27. The number of rotatable bonds is 2. The second-order valence-electron chi connectivity index (χ2n) is 5.62. The Balaban J connectivity index is 2.24. The Morgan fingerprint density at radius 3 is 1.92 bits per heavy atom. The molecule has 0 aliphatic heterocycles. The van der Waals surface area contributed by atoms with Gasteiger partial charge in [0.15, 0.2) is 14.3 Å². The van der Waals surface area contributed by atoms with Crippen LogP contribution in [0.1, 0.15) is 10.4 Å². The summed E-state index contributed by atoms with van der Waals surface area (Å²) in [5, 5.41) is 1.40. The zero-order valence-electron chi connectivity index (χ0n) is 13.6. The standard InChI is InChI=1S/C21H15O3S/c1-24-21(23)16-10-4-7-13-19(16)25-17-11-5-2-8-14(17)20(22)15-9-3-6-12-18(15)25/h2-13H,1H3/q+1. The minimum Gasteiger partial charge on any atom is -0.465 e. The van der Waals surface area contributed by atoms with E-state index in [1.165, 1.54) is 7.11 Å². The average molecular weight is 347 g/mol. The van der Waals surface area contributed by atoms with Crippen LogP contribution in [0.3, 0.4) is 0 Å². The minimum atomic E-state index is -0.534. The Bertz CT molecular complexity index is 1110. The van der Waals surface area contributed by atoms with Crippen molar-refractivity contribution in [1.29, 1.82) is 0 Å². The fourth-order valence-electron chi connectivity index (χ4n) is 3.09. The van der Waals surface area contributed by atoms with E-state index in [0.29, 0.717) is 16.3 Å². The van der Waals surface area contributed by atoms with E-state index in [0.717, 1.165) is 14.3 Å². The van der Waals surface area contributed by atoms with E-state index in [9.17, 15) is 9.59 Å². The lowest BCUT2D eigenvalue weighted by molar-refractivity contribution is 0.0602. The predicted molar refractivity (Wildman–Crippen MR) is 103 cm³/mol. The summed E-state index contributed by atoms with van der Waals surface area (Å²) in [5.74, 6) is -0.366. The fourth-order valence-corrected chi connectivity index (χ4v) is 5.58. The molecule has 0 bridgehead atoms. The summed E-state index contributed by atoms with van der Waals surface area (Å²) in [6, 6.07) is 22.7. The van der Waals surface area contributed by atoms with Crippen molar-refractivity contribution in [2.45, 2.75) is 0 Å². The summed E-state index contributed by atoms with van der Waals surface area (Å²) in [5.41, 5.74) is 0.567. The molecule has 1 heterocycles. The summed E-state index contributed by atoms with van der Waals surface area (Å²) in [6.45, 7) is 0. The van der Waals surface area contributed by atoms with Gasteiger partial charge in [0.1, 0.15) is 5.56 Å². The van der Waals surface area contributed by atoms with Crippen LogP contribution < -0.4 is 5.43 Å². The first kappa shape index (κ1) is 15.5. The highest BCUT2D eigenvalue weighted by Crippen LogP contribution is 2.44. The minimum absolute atomic E-state index is 0.0329. The van der Waals surface area contributed by atoms with Crippen LogP contribution in [0.25, 0.3) is 25.1 Å². The van der Waals surface area contributed by atoms with E-state index < -0.39 is 10.5 Å². The van der Waals surface area contributed by atoms with E-state index >= 15 is 0 Å². The van der Waals surface area contributed by atoms with Crippen molar-refractivity contribution in [3.63, 3.8) is 0 Å². The van der Waals surface area contributed by atoms with E-state index in [1.807, 2.05) is 66.7 Å². The second-order valence-corrected chi connectivity index (χ2v) is 7.55. The molecule has 0 saturated heterocycles. The number of carbonyl (C=O) groups excluding carboxylic acids is 1. The number of hydrogen-bond acceptors (Lipinski definition) is 3. The Hall–Kier alpha value is -2.98. The molecule has 25 heavy (non-hydrogen) atoms. The van der Waals surface area contributed by atoms with Crippen LogP contribution in [0.5, 0.6) is 0 Å². The van der Waals surface area contributed by atoms with Gasteiger partial charge in [-0.25, -0.2) is 4.79 Å². The van der Waals surface area contributed by atoms with Crippen molar-refractivity contribution in [2.75, 3.05) is 7.11 Å². The molecule has 0 atom stereocenters. The molecule has 122 valence electrons. The quantitative estimate of drug-likeness (QED) is 0.295. The maximum absolute atomic E-state index is 12.9. The van der Waals surface area contributed by atoms with E-state index in [2.05, 4.69) is 0 Å². The van der Waals surface area contributed by atoms with Gasteiger partial charge in [0.05, 0.1) is 17.9 Å². The molecule has 4 aromatic rings. The number of fused-ring (bicyclic) bond motifs is 2. The molecule has 3 nitrogen and oxygen atoms in total. The Labute approximate surface area is 147 Å². The van der Waals surface area contributed by atoms with Gasteiger partial charge < -0.3 is 4.74 Å². The third-order valence-electron chi connectivity index (χ3n) is 4.22. The predicted octanol–water partition coefficient (Wildman–Crippen LogP) is 4.88. The molecule has 0 aliphatic rings. The molecular formula is C21H15O3S+. The van der Waals surface area contributed by atoms with Crippen molar-refractivity contribution in [3.8, 4) is 4.90 Å². The smallest absolute Gasteiger partial charge is 0.343 e. The summed E-state index contributed by atoms with van der Waals surface area (Å²) in [7, 11) is 0.849. The van der Waals surface area contributed by atoms with E-state index in [1.54, 1.807) is 6.07 Å². The summed E-state index contributed by atoms with van der Waals surface area (Å²) in [6.07, 6.45) is 0. The molecule has 0 unspecified atom stereocenters. The molecule has 0 N–H and O–H groups in total. The molecule has 0 amide bonds. The van der Waals surface area contributed by atoms with Crippen LogP contribution in [-0.4, -0.2) is 13.1 Å². The lowest BCUT2D eigenvalue weighted by Gasteiger charge is -2.06. The van der Waals surface area contributed by atoms with Crippen LogP contribution >= 0.6 is 10.5 Å². The van der Waals surface area contributed by atoms with Gasteiger partial charge in [0, 0.05) is 10.5 Å². The van der Waals surface area contributed by atoms with Crippen molar-refractivity contribution < 1.29 is 9.53 Å². The van der Waals surface area contributed by atoms with Gasteiger partial charge >= 0.3 is 5.97 Å². The van der Waals surface area contributed by atoms with Crippen LogP contribution in [0.2, 0.25) is 0 Å². The normalized spacial score (nSPS) is 10.9. The number of methoxy groups -OCH3 is 1. The number of esters is 1. The van der Waals surface area contributed by atoms with Crippen molar-refractivity contribution >= 4 is 36.6 Å². The van der Waals surface area contributed by atoms with Gasteiger partial charge in [0.25, 0.3) is 0 Å². The largest absolute Gasteiger partial charge is 0.465 e. The summed E-state index contributed by atoms with van der Waals surface area (Å²) in [4.78, 5) is 26.0. The molecule has 0 aliphatic carbocycles. The second kappa shape index (κ2) is 6.15. The third kappa shape index (κ3) is 2.42. The third-order valence-corrected chi connectivity index (χ3v) is 6.60. The maximum atomic E-state index is 12.9. The molecular weight excluding hydrogens is 332 g/mol. The van der Waals surface area contributed by atoms with Gasteiger partial charge in [-0.2, -0.15) is 0 Å². The molecule has 0 fully saturated rings. The van der Waals surface area contributed by atoms with Gasteiger partial charge in [-0.15, -0.1) is 0 Å². The van der Waals surface area contributed by atoms with Gasteiger partial charge in [-0.3, -0.25) is 4.79 Å². The van der Waals surface area contributed by atoms with Crippen molar-refractivity contribution in [2.24, 2.45) is 0 Å². The topological polar surface area (TPSA) is 43.4 Å². The fraction of sp³-hybridized carbons (Fsp3) is 0.0476. The van der Waals surface area contributed by atoms with Crippen LogP contribution in [-0.2, 0) is 4.74 Å². The number of hydrogen-bond donors (Lipinski definition) is 0. The number of carbonyl (C=O) groups is 1. The highest BCUT2D eigenvalue weighted by molar-refractivity contribution is 7.49. The van der Waals surface area contributed by atoms with Crippen molar-refractivity contribution in [1.82, 2.24) is 0 Å². The Morgan fingerprint density at radius 1 is 0.800 bits per heavy atom. The first-order valence-electron chi connectivity index (χ1n) is 7.87. The monoisotopic (exact) mass is 347 g/mol. The Kier molecular flexibility index (Phi) is 3.82. The lowest BCUT2D eigenvalue weighted by atomic mass is 10.2. The maximum Gasteiger partial charge on any atom is 0.343 e. The SMILES string of the molecule is COC(=O)c1ccccc1-[s+]1c2ccccc2c(=O)c2ccccc21. The Morgan fingerprint density at radius 2 is 1.32 bits per heavy atom. The zero-order valence-corrected chi connectivity index (χ0v) is 14.4. The van der Waals surface area contributed by atoms with Crippen LogP contribution in [0, 0.1) is 0 Å². The van der Waals surface area contributed by atoms with Crippen LogP contribution in [0.4, 0.5) is 0 Å². The summed E-state index contributed by atoms with van der Waals surface area (Å²) < 4.78 is 6.86. The average Bonchev–Trinajstić information content (AvgIpc) is 2.68. The van der Waals surface area contributed by atoms with Gasteiger partial charge in [-0.05, 0) is 36.4 Å². The van der Waals surface area contributed by atoms with Crippen LogP contribution in [0.15, 0.2) is 77.6 Å². The molecule has 0 radical (unpaired) electrons. The van der Waals surface area contributed by atoms with E-state index in [-0.39, 0.29) is 11.4 Å². The summed E-state index contributed by atoms with van der Waals surface area (Å²) >= 11 is 0.